The molecule has 0 aromatic heterocycles. The largest absolute Gasteiger partial charge is 0.444 e. The van der Waals surface area contributed by atoms with Gasteiger partial charge in [0.25, 0.3) is 0 Å². The average Bonchev–Trinajstić information content (AvgIpc) is 2.88. The Bertz CT molecular complexity index is 896. The van der Waals surface area contributed by atoms with Crippen LogP contribution in [0.25, 0.3) is 0 Å². The number of ether oxygens (including phenoxy) is 1. The summed E-state index contributed by atoms with van der Waals surface area (Å²) >= 11 is 1.54. The van der Waals surface area contributed by atoms with Gasteiger partial charge in [-0.05, 0) is 76.7 Å². The van der Waals surface area contributed by atoms with E-state index in [0.717, 1.165) is 19.3 Å². The lowest BCUT2D eigenvalue weighted by molar-refractivity contribution is -0.131. The van der Waals surface area contributed by atoms with E-state index >= 15 is 0 Å². The Morgan fingerprint density at radius 2 is 1.53 bits per heavy atom. The molecule has 0 unspecified atom stereocenters. The van der Waals surface area contributed by atoms with Gasteiger partial charge in [-0.2, -0.15) is 11.8 Å². The zero-order chi connectivity index (χ0) is 32.9. The Hall–Kier alpha value is -2.05. The summed E-state index contributed by atoms with van der Waals surface area (Å²) in [5.41, 5.74) is -0.732. The third-order valence-corrected chi connectivity index (χ3v) is 8.13. The second-order valence-electron chi connectivity index (χ2n) is 13.6. The Balaban J connectivity index is 2.96. The van der Waals surface area contributed by atoms with Crippen molar-refractivity contribution >= 4 is 35.6 Å². The highest BCUT2D eigenvalue weighted by molar-refractivity contribution is 7.98. The maximum Gasteiger partial charge on any atom is 0.408 e. The van der Waals surface area contributed by atoms with E-state index in [-0.39, 0.29) is 30.2 Å². The molecule has 43 heavy (non-hydrogen) atoms. The van der Waals surface area contributed by atoms with Crippen molar-refractivity contribution in [1.29, 1.82) is 0 Å². The smallest absolute Gasteiger partial charge is 0.408 e. The predicted molar refractivity (Wildman–Crippen MR) is 171 cm³/mol. The SMILES string of the molecule is CSCC[C@H](NC(=O)[C@@H](NC(=O)OC(C)(C)C)C(C)C)C(=O)N[C@@H](CC(C)C)[C@@H](O)C[C@@H](C)C(=O)N[C@H]1CCCC[C@@H]1O. The molecule has 6 N–H and O–H groups in total. The molecule has 0 saturated heterocycles. The molecule has 0 radical (unpaired) electrons. The van der Waals surface area contributed by atoms with Gasteiger partial charge < -0.3 is 36.2 Å². The molecule has 12 heteroatoms. The van der Waals surface area contributed by atoms with E-state index in [2.05, 4.69) is 21.3 Å². The zero-order valence-electron chi connectivity index (χ0n) is 27.7. The molecular formula is C31H58N4O7S. The van der Waals surface area contributed by atoms with Gasteiger partial charge in [0.1, 0.15) is 17.7 Å². The Kier molecular flexibility index (Phi) is 16.9. The van der Waals surface area contributed by atoms with E-state index in [1.807, 2.05) is 20.1 Å². The zero-order valence-corrected chi connectivity index (χ0v) is 28.5. The van der Waals surface area contributed by atoms with Crippen LogP contribution < -0.4 is 21.3 Å². The van der Waals surface area contributed by atoms with Crippen molar-refractivity contribution in [2.45, 2.75) is 142 Å². The maximum absolute atomic E-state index is 13.5. The van der Waals surface area contributed by atoms with Crippen molar-refractivity contribution in [2.75, 3.05) is 12.0 Å². The molecule has 250 valence electrons. The normalized spacial score (nSPS) is 20.9. The summed E-state index contributed by atoms with van der Waals surface area (Å²) in [7, 11) is 0. The van der Waals surface area contributed by atoms with Crippen LogP contribution in [-0.2, 0) is 19.1 Å². The summed E-state index contributed by atoms with van der Waals surface area (Å²) < 4.78 is 5.32. The van der Waals surface area contributed by atoms with Gasteiger partial charge >= 0.3 is 6.09 Å². The highest BCUT2D eigenvalue weighted by atomic mass is 32.2. The number of hydrogen-bond donors (Lipinski definition) is 6. The highest BCUT2D eigenvalue weighted by Crippen LogP contribution is 2.21. The molecule has 0 aromatic carbocycles. The number of carbonyl (C=O) groups is 4. The molecule has 1 saturated carbocycles. The van der Waals surface area contributed by atoms with Crippen LogP contribution >= 0.6 is 11.8 Å². The van der Waals surface area contributed by atoms with E-state index < -0.39 is 59.8 Å². The van der Waals surface area contributed by atoms with E-state index in [9.17, 15) is 29.4 Å². The minimum absolute atomic E-state index is 0.128. The second kappa shape index (κ2) is 18.7. The third kappa shape index (κ3) is 15.0. The number of alkyl carbamates (subject to hydrolysis) is 1. The second-order valence-corrected chi connectivity index (χ2v) is 14.6. The van der Waals surface area contributed by atoms with E-state index in [4.69, 9.17) is 4.74 Å². The first-order chi connectivity index (χ1) is 19.9. The number of rotatable bonds is 16. The van der Waals surface area contributed by atoms with Gasteiger partial charge in [0.05, 0.1) is 24.3 Å². The fourth-order valence-corrected chi connectivity index (χ4v) is 5.55. The topological polar surface area (TPSA) is 166 Å². The summed E-state index contributed by atoms with van der Waals surface area (Å²) in [5, 5.41) is 32.7. The fraction of sp³-hybridized carbons (Fsp3) is 0.871. The summed E-state index contributed by atoms with van der Waals surface area (Å²) in [5.74, 6) is -1.23. The van der Waals surface area contributed by atoms with Crippen molar-refractivity contribution in [1.82, 2.24) is 21.3 Å². The molecule has 7 atom stereocenters. The maximum atomic E-state index is 13.5. The molecule has 1 fully saturated rings. The van der Waals surface area contributed by atoms with Gasteiger partial charge in [0.15, 0.2) is 0 Å². The molecule has 0 spiro atoms. The molecule has 0 aliphatic heterocycles. The van der Waals surface area contributed by atoms with Crippen LogP contribution in [0.5, 0.6) is 0 Å². The van der Waals surface area contributed by atoms with Gasteiger partial charge in [-0.1, -0.05) is 47.5 Å². The number of aliphatic hydroxyl groups is 2. The van der Waals surface area contributed by atoms with Gasteiger partial charge in [-0.25, -0.2) is 4.79 Å². The average molecular weight is 631 g/mol. The Morgan fingerprint density at radius 3 is 2.07 bits per heavy atom. The number of aliphatic hydroxyl groups excluding tert-OH is 2. The summed E-state index contributed by atoms with van der Waals surface area (Å²) in [6.07, 6.45) is 3.84. The molecule has 1 rings (SSSR count). The molecule has 11 nitrogen and oxygen atoms in total. The minimum atomic E-state index is -1.00. The predicted octanol–water partition coefficient (Wildman–Crippen LogP) is 3.11. The minimum Gasteiger partial charge on any atom is -0.444 e. The number of carbonyl (C=O) groups excluding carboxylic acids is 4. The lowest BCUT2D eigenvalue weighted by Gasteiger charge is -2.32. The number of nitrogens with one attached hydrogen (secondary N) is 4. The summed E-state index contributed by atoms with van der Waals surface area (Å²) in [6.45, 7) is 14.5. The van der Waals surface area contributed by atoms with E-state index in [1.165, 1.54) is 11.8 Å². The Labute approximate surface area is 262 Å². The standard InChI is InChI=1S/C31H58N4O7S/c1-18(2)16-23(25(37)17-20(5)27(38)32-21-12-10-11-13-24(21)36)34-28(39)22(14-15-43-9)33-29(40)26(19(3)4)35-30(41)42-31(6,7)8/h18-26,36-37H,10-17H2,1-9H3,(H,32,38)(H,33,40)(H,34,39)(H,35,41)/t20-,21+,22+,23+,24+,25+,26+/m1/s1. The van der Waals surface area contributed by atoms with Crippen LogP contribution in [0.4, 0.5) is 4.79 Å². The first-order valence-electron chi connectivity index (χ1n) is 15.7. The lowest BCUT2D eigenvalue weighted by atomic mass is 9.90. The molecular weight excluding hydrogens is 572 g/mol. The monoisotopic (exact) mass is 630 g/mol. The fourth-order valence-electron chi connectivity index (χ4n) is 5.08. The summed E-state index contributed by atoms with van der Waals surface area (Å²) in [4.78, 5) is 52.1. The van der Waals surface area contributed by atoms with Crippen molar-refractivity contribution in [3.8, 4) is 0 Å². The third-order valence-electron chi connectivity index (χ3n) is 7.48. The van der Waals surface area contributed by atoms with Crippen molar-refractivity contribution < 1.29 is 34.1 Å². The molecule has 0 heterocycles. The van der Waals surface area contributed by atoms with Crippen LogP contribution in [0.3, 0.4) is 0 Å². The first kappa shape index (κ1) is 39.0. The van der Waals surface area contributed by atoms with E-state index in [1.54, 1.807) is 41.5 Å². The molecule has 1 aliphatic carbocycles. The first-order valence-corrected chi connectivity index (χ1v) is 17.1. The van der Waals surface area contributed by atoms with Crippen LogP contribution in [0.15, 0.2) is 0 Å². The number of amides is 4. The lowest BCUT2D eigenvalue weighted by Crippen LogP contribution is -2.58. The number of thioether (sulfide) groups is 1. The molecule has 0 aromatic rings. The Morgan fingerprint density at radius 1 is 0.907 bits per heavy atom. The van der Waals surface area contributed by atoms with Crippen LogP contribution in [0.2, 0.25) is 0 Å². The number of hydrogen-bond acceptors (Lipinski definition) is 8. The molecule has 4 amide bonds. The highest BCUT2D eigenvalue weighted by Gasteiger charge is 2.33. The molecule has 1 aliphatic rings. The van der Waals surface area contributed by atoms with Gasteiger partial charge in [0, 0.05) is 5.92 Å². The summed E-state index contributed by atoms with van der Waals surface area (Å²) in [6, 6.07) is -2.74. The van der Waals surface area contributed by atoms with Crippen LogP contribution in [-0.4, -0.2) is 88.0 Å². The van der Waals surface area contributed by atoms with Crippen LogP contribution in [0, 0.1) is 17.8 Å². The van der Waals surface area contributed by atoms with E-state index in [0.29, 0.717) is 25.0 Å². The van der Waals surface area contributed by atoms with Crippen molar-refractivity contribution in [3.05, 3.63) is 0 Å². The van der Waals surface area contributed by atoms with Gasteiger partial charge in [-0.15, -0.1) is 0 Å². The van der Waals surface area contributed by atoms with Crippen molar-refractivity contribution in [2.24, 2.45) is 17.8 Å². The quantitative estimate of drug-likeness (QED) is 0.151. The van der Waals surface area contributed by atoms with Gasteiger partial charge in [0.2, 0.25) is 17.7 Å². The van der Waals surface area contributed by atoms with Crippen molar-refractivity contribution in [3.63, 3.8) is 0 Å². The molecule has 0 bridgehead atoms. The van der Waals surface area contributed by atoms with Gasteiger partial charge in [-0.3, -0.25) is 14.4 Å². The van der Waals surface area contributed by atoms with Crippen LogP contribution in [0.1, 0.15) is 100 Å².